The molecule has 0 aliphatic carbocycles. The molecule has 3 aromatic rings. The molecule has 0 saturated carbocycles. The van der Waals surface area contributed by atoms with Crippen molar-refractivity contribution >= 4 is 29.3 Å². The third-order valence-electron chi connectivity index (χ3n) is 5.86. The minimum Gasteiger partial charge on any atom is -0.496 e. The van der Waals surface area contributed by atoms with Gasteiger partial charge in [0.1, 0.15) is 5.75 Å². The third kappa shape index (κ3) is 5.56. The molecular formula is C23H27N5O6. The van der Waals surface area contributed by atoms with Crippen molar-refractivity contribution in [1.29, 1.82) is 0 Å². The van der Waals surface area contributed by atoms with Crippen LogP contribution in [0.4, 0.5) is 0 Å². The predicted molar refractivity (Wildman–Crippen MR) is 123 cm³/mol. The minimum atomic E-state index is -0.551. The molecule has 3 heterocycles. The molecule has 1 fully saturated rings. The molecule has 0 radical (unpaired) electrons. The zero-order valence-electron chi connectivity index (χ0n) is 18.7. The molecule has 0 spiro atoms. The first-order valence-corrected chi connectivity index (χ1v) is 10.7. The summed E-state index contributed by atoms with van der Waals surface area (Å²) in [6.07, 6.45) is 5.11. The lowest BCUT2D eigenvalue weighted by molar-refractivity contribution is -0.152. The lowest BCUT2D eigenvalue weighted by Crippen LogP contribution is -2.41. The van der Waals surface area contributed by atoms with Crippen LogP contribution in [0.5, 0.6) is 5.75 Å². The van der Waals surface area contributed by atoms with Crippen molar-refractivity contribution in [3.63, 3.8) is 0 Å². The van der Waals surface area contributed by atoms with Crippen molar-refractivity contribution in [1.82, 2.24) is 25.4 Å². The van der Waals surface area contributed by atoms with E-state index in [1.807, 2.05) is 29.2 Å². The van der Waals surface area contributed by atoms with E-state index in [0.29, 0.717) is 47.9 Å². The van der Waals surface area contributed by atoms with E-state index in [1.165, 1.54) is 0 Å². The van der Waals surface area contributed by atoms with Gasteiger partial charge >= 0.3 is 12.4 Å². The number of H-pyrrole nitrogens is 1. The summed E-state index contributed by atoms with van der Waals surface area (Å²) >= 11 is 0. The van der Waals surface area contributed by atoms with Crippen LogP contribution in [0.15, 0.2) is 36.7 Å². The molecule has 1 aliphatic rings. The number of piperidine rings is 1. The van der Waals surface area contributed by atoms with Gasteiger partial charge in [-0.05, 0) is 44.0 Å². The first-order chi connectivity index (χ1) is 16.1. The van der Waals surface area contributed by atoms with E-state index < -0.39 is 5.97 Å². The fourth-order valence-electron chi connectivity index (χ4n) is 4.08. The van der Waals surface area contributed by atoms with Gasteiger partial charge < -0.3 is 20.3 Å². The largest absolute Gasteiger partial charge is 0.496 e. The number of hydrogen-bond donors (Lipinski definition) is 2. The molecule has 11 nitrogen and oxygen atoms in total. The van der Waals surface area contributed by atoms with Gasteiger partial charge in [-0.25, -0.2) is 0 Å². The minimum absolute atomic E-state index is 0. The summed E-state index contributed by atoms with van der Waals surface area (Å²) in [5.41, 5.74) is 2.74. The number of nitrogens with one attached hydrogen (secondary N) is 2. The summed E-state index contributed by atoms with van der Waals surface area (Å²) in [5.74, 6) is 0.156. The standard InChI is InChI=1S/C23H25N5O5.H2O/c1-32-20-10-19-18(9-17(20)16-3-2-6-24-12-16)22(27-26-19)23(31)25-11-15-4-7-28(8-5-15)13-21(30)33-14-29;/h2-3,6,9-10,12,14-15H,4-5,7-8,11,13H2,1H3,(H,25,31)(H,26,27);1H2. The fourth-order valence-corrected chi connectivity index (χ4v) is 4.08. The van der Waals surface area contributed by atoms with Gasteiger partial charge in [0.2, 0.25) is 0 Å². The molecule has 0 unspecified atom stereocenters. The first-order valence-electron chi connectivity index (χ1n) is 10.7. The Morgan fingerprint density at radius 3 is 2.76 bits per heavy atom. The van der Waals surface area contributed by atoms with Gasteiger partial charge in [-0.15, -0.1) is 0 Å². The summed E-state index contributed by atoms with van der Waals surface area (Å²) in [5, 5.41) is 10.8. The van der Waals surface area contributed by atoms with Crippen LogP contribution in [-0.4, -0.2) is 77.2 Å². The highest BCUT2D eigenvalue weighted by atomic mass is 16.6. The highest BCUT2D eigenvalue weighted by Crippen LogP contribution is 2.34. The van der Waals surface area contributed by atoms with Crippen LogP contribution >= 0.6 is 0 Å². The van der Waals surface area contributed by atoms with E-state index in [0.717, 1.165) is 24.0 Å². The van der Waals surface area contributed by atoms with Gasteiger partial charge in [-0.2, -0.15) is 5.10 Å². The van der Waals surface area contributed by atoms with Crippen molar-refractivity contribution < 1.29 is 29.3 Å². The Balaban J connectivity index is 0.00000324. The SMILES string of the molecule is COc1cc2[nH]nc(C(=O)NCC3CCN(CC(=O)OC=O)CC3)c2cc1-c1cccnc1.O. The molecule has 1 saturated heterocycles. The summed E-state index contributed by atoms with van der Waals surface area (Å²) in [7, 11) is 1.60. The first kappa shape index (κ1) is 24.8. The number of carbonyl (C=O) groups excluding carboxylic acids is 3. The van der Waals surface area contributed by atoms with E-state index in [-0.39, 0.29) is 24.4 Å². The number of likely N-dealkylation sites (tertiary alicyclic amines) is 1. The van der Waals surface area contributed by atoms with E-state index >= 15 is 0 Å². The van der Waals surface area contributed by atoms with Crippen LogP contribution in [0.2, 0.25) is 0 Å². The number of ether oxygens (including phenoxy) is 2. The Bertz CT molecular complexity index is 1140. The summed E-state index contributed by atoms with van der Waals surface area (Å²) in [4.78, 5) is 40.7. The number of benzene rings is 1. The van der Waals surface area contributed by atoms with Gasteiger partial charge in [-0.3, -0.25) is 29.4 Å². The molecule has 0 atom stereocenters. The van der Waals surface area contributed by atoms with Crippen LogP contribution < -0.4 is 10.1 Å². The lowest BCUT2D eigenvalue weighted by atomic mass is 9.96. The molecule has 180 valence electrons. The molecule has 0 bridgehead atoms. The van der Waals surface area contributed by atoms with Crippen molar-refractivity contribution in [2.24, 2.45) is 5.92 Å². The van der Waals surface area contributed by atoms with Crippen LogP contribution in [0.3, 0.4) is 0 Å². The zero-order chi connectivity index (χ0) is 23.2. The van der Waals surface area contributed by atoms with Crippen LogP contribution in [-0.2, 0) is 14.3 Å². The second-order valence-corrected chi connectivity index (χ2v) is 7.93. The number of amides is 1. The highest BCUT2D eigenvalue weighted by molar-refractivity contribution is 6.06. The summed E-state index contributed by atoms with van der Waals surface area (Å²) in [6, 6.07) is 7.49. The Morgan fingerprint density at radius 1 is 1.29 bits per heavy atom. The van der Waals surface area contributed by atoms with E-state index in [9.17, 15) is 14.4 Å². The maximum atomic E-state index is 12.9. The lowest BCUT2D eigenvalue weighted by Gasteiger charge is -2.30. The third-order valence-corrected chi connectivity index (χ3v) is 5.86. The molecule has 1 aliphatic heterocycles. The van der Waals surface area contributed by atoms with Crippen LogP contribution in [0, 0.1) is 5.92 Å². The normalized spacial score (nSPS) is 14.3. The number of nitrogens with zero attached hydrogens (tertiary/aromatic N) is 3. The van der Waals surface area contributed by atoms with Gasteiger partial charge in [0, 0.05) is 41.5 Å². The molecule has 34 heavy (non-hydrogen) atoms. The van der Waals surface area contributed by atoms with Crippen molar-refractivity contribution in [2.45, 2.75) is 12.8 Å². The zero-order valence-corrected chi connectivity index (χ0v) is 18.7. The maximum Gasteiger partial charge on any atom is 0.327 e. The topological polar surface area (TPSA) is 158 Å². The van der Waals surface area contributed by atoms with Gasteiger partial charge in [-0.1, -0.05) is 6.07 Å². The Labute approximate surface area is 195 Å². The molecule has 1 amide bonds. The van der Waals surface area contributed by atoms with Gasteiger partial charge in [0.05, 0.1) is 19.2 Å². The number of fused-ring (bicyclic) bond motifs is 1. The molecular weight excluding hydrogens is 442 g/mol. The Kier molecular flexibility index (Phi) is 8.28. The highest BCUT2D eigenvalue weighted by Gasteiger charge is 2.23. The number of hydrogen-bond acceptors (Lipinski definition) is 8. The fraction of sp³-hybridized carbons (Fsp3) is 0.348. The maximum absolute atomic E-state index is 12.9. The van der Waals surface area contributed by atoms with E-state index in [1.54, 1.807) is 19.5 Å². The molecule has 4 N–H and O–H groups in total. The number of carbonyl (C=O) groups is 3. The second kappa shape index (κ2) is 11.3. The molecule has 11 heteroatoms. The quantitative estimate of drug-likeness (QED) is 0.280. The average molecular weight is 469 g/mol. The monoisotopic (exact) mass is 469 g/mol. The summed E-state index contributed by atoms with van der Waals surface area (Å²) in [6.45, 7) is 2.17. The number of esters is 1. The Morgan fingerprint density at radius 2 is 2.09 bits per heavy atom. The smallest absolute Gasteiger partial charge is 0.327 e. The van der Waals surface area contributed by atoms with Crippen LogP contribution in [0.25, 0.3) is 22.0 Å². The Hall–Kier alpha value is -3.83. The number of aromatic nitrogens is 3. The van der Waals surface area contributed by atoms with E-state index in [4.69, 9.17) is 4.74 Å². The predicted octanol–water partition coefficient (Wildman–Crippen LogP) is 0.950. The van der Waals surface area contributed by atoms with Crippen molar-refractivity contribution in [3.8, 4) is 16.9 Å². The summed E-state index contributed by atoms with van der Waals surface area (Å²) < 4.78 is 9.86. The second-order valence-electron chi connectivity index (χ2n) is 7.93. The molecule has 1 aromatic carbocycles. The van der Waals surface area contributed by atoms with Gasteiger partial charge in [0.25, 0.3) is 5.91 Å². The van der Waals surface area contributed by atoms with E-state index in [2.05, 4.69) is 25.2 Å². The average Bonchev–Trinajstić information content (AvgIpc) is 3.26. The van der Waals surface area contributed by atoms with Crippen molar-refractivity contribution in [2.75, 3.05) is 33.3 Å². The molecule has 2 aromatic heterocycles. The van der Waals surface area contributed by atoms with Gasteiger partial charge in [0.15, 0.2) is 5.69 Å². The molecule has 4 rings (SSSR count). The number of methoxy groups -OCH3 is 1. The number of pyridine rings is 1. The van der Waals surface area contributed by atoms with Crippen LogP contribution in [0.1, 0.15) is 23.3 Å². The number of rotatable bonds is 8. The number of aromatic amines is 1. The van der Waals surface area contributed by atoms with Crippen molar-refractivity contribution in [3.05, 3.63) is 42.4 Å².